The fourth-order valence-electron chi connectivity index (χ4n) is 5.09. The minimum Gasteiger partial charge on any atom is -0.447 e. The van der Waals surface area contributed by atoms with E-state index in [0.717, 1.165) is 24.8 Å². The average Bonchev–Trinajstić information content (AvgIpc) is 2.92. The zero-order chi connectivity index (χ0) is 19.3. The van der Waals surface area contributed by atoms with Gasteiger partial charge in [-0.3, -0.25) is 5.41 Å². The van der Waals surface area contributed by atoms with Crippen molar-refractivity contribution in [3.05, 3.63) is 35.4 Å². The van der Waals surface area contributed by atoms with E-state index >= 15 is 0 Å². The first-order valence-electron chi connectivity index (χ1n) is 9.32. The van der Waals surface area contributed by atoms with Gasteiger partial charge in [0.05, 0.1) is 24.1 Å². The van der Waals surface area contributed by atoms with Gasteiger partial charge in [-0.1, -0.05) is 37.6 Å². The number of hydrogen-bond donors (Lipinski definition) is 1. The highest BCUT2D eigenvalue weighted by atomic mass is 16.7. The van der Waals surface area contributed by atoms with Crippen molar-refractivity contribution in [3.63, 3.8) is 0 Å². The largest absolute Gasteiger partial charge is 0.447 e. The number of nitriles is 3. The highest BCUT2D eigenvalue weighted by Crippen LogP contribution is 2.69. The summed E-state index contributed by atoms with van der Waals surface area (Å²) in [6.45, 7) is 2.05. The highest BCUT2D eigenvalue weighted by molar-refractivity contribution is 5.89. The normalized spacial score (nSPS) is 35.9. The van der Waals surface area contributed by atoms with E-state index in [0.29, 0.717) is 18.4 Å². The van der Waals surface area contributed by atoms with Gasteiger partial charge in [-0.2, -0.15) is 15.8 Å². The third-order valence-corrected chi connectivity index (χ3v) is 6.51. The summed E-state index contributed by atoms with van der Waals surface area (Å²) in [5, 5.41) is 38.9. The molecule has 2 heterocycles. The third kappa shape index (κ3) is 1.93. The molecular formula is C21H20N4O2. The molecule has 136 valence electrons. The predicted molar refractivity (Wildman–Crippen MR) is 94.9 cm³/mol. The summed E-state index contributed by atoms with van der Waals surface area (Å²) in [7, 11) is 0. The Kier molecular flexibility index (Phi) is 3.77. The van der Waals surface area contributed by atoms with Crippen molar-refractivity contribution in [1.82, 2.24) is 0 Å². The summed E-state index contributed by atoms with van der Waals surface area (Å²) < 4.78 is 12.2. The van der Waals surface area contributed by atoms with Crippen LogP contribution in [-0.4, -0.2) is 11.7 Å². The van der Waals surface area contributed by atoms with Gasteiger partial charge in [0.1, 0.15) is 6.10 Å². The van der Waals surface area contributed by atoms with E-state index < -0.39 is 28.6 Å². The van der Waals surface area contributed by atoms with Crippen LogP contribution >= 0.6 is 0 Å². The van der Waals surface area contributed by atoms with Crippen LogP contribution in [0.3, 0.4) is 0 Å². The Morgan fingerprint density at radius 3 is 2.41 bits per heavy atom. The van der Waals surface area contributed by atoms with E-state index in [2.05, 4.69) is 18.2 Å². The van der Waals surface area contributed by atoms with Crippen LogP contribution in [0.4, 0.5) is 0 Å². The van der Waals surface area contributed by atoms with Gasteiger partial charge in [0, 0.05) is 6.42 Å². The van der Waals surface area contributed by atoms with Gasteiger partial charge in [-0.05, 0) is 30.4 Å². The van der Waals surface area contributed by atoms with Crippen molar-refractivity contribution in [2.75, 3.05) is 0 Å². The molecule has 6 nitrogen and oxygen atoms in total. The summed E-state index contributed by atoms with van der Waals surface area (Å²) in [4.78, 5) is 0. The zero-order valence-electron chi connectivity index (χ0n) is 15.2. The van der Waals surface area contributed by atoms with Crippen molar-refractivity contribution >= 4 is 5.90 Å². The van der Waals surface area contributed by atoms with E-state index in [1.807, 2.05) is 31.2 Å². The minimum atomic E-state index is -1.84. The molecule has 0 amide bonds. The van der Waals surface area contributed by atoms with Gasteiger partial charge in [-0.25, -0.2) is 0 Å². The number of rotatable bonds is 2. The van der Waals surface area contributed by atoms with Gasteiger partial charge in [-0.15, -0.1) is 0 Å². The topological polar surface area (TPSA) is 114 Å². The number of nitrogens with one attached hydrogen (secondary N) is 1. The van der Waals surface area contributed by atoms with Gasteiger partial charge in [0.25, 0.3) is 0 Å². The van der Waals surface area contributed by atoms with Crippen molar-refractivity contribution in [2.24, 2.45) is 16.7 Å². The molecule has 2 saturated heterocycles. The van der Waals surface area contributed by atoms with Gasteiger partial charge < -0.3 is 9.47 Å². The van der Waals surface area contributed by atoms with Crippen molar-refractivity contribution < 1.29 is 9.47 Å². The van der Waals surface area contributed by atoms with Gasteiger partial charge >= 0.3 is 0 Å². The first kappa shape index (κ1) is 17.5. The predicted octanol–water partition coefficient (Wildman–Crippen LogP) is 3.76. The molecule has 27 heavy (non-hydrogen) atoms. The van der Waals surface area contributed by atoms with Crippen LogP contribution in [0.15, 0.2) is 24.3 Å². The Bertz CT molecular complexity index is 905. The maximum atomic E-state index is 10.2. The summed E-state index contributed by atoms with van der Waals surface area (Å²) in [6, 6.07) is 14.0. The fraction of sp³-hybridized carbons (Fsp3) is 0.524. The average molecular weight is 360 g/mol. The molecule has 1 N–H and O–H groups in total. The highest BCUT2D eigenvalue weighted by Gasteiger charge is 2.80. The van der Waals surface area contributed by atoms with Crippen molar-refractivity contribution in [1.29, 1.82) is 21.2 Å². The zero-order valence-corrected chi connectivity index (χ0v) is 15.2. The molecule has 4 unspecified atom stereocenters. The van der Waals surface area contributed by atoms with Crippen molar-refractivity contribution in [2.45, 2.75) is 50.9 Å². The van der Waals surface area contributed by atoms with Gasteiger partial charge in [0.2, 0.25) is 17.1 Å². The maximum Gasteiger partial charge on any atom is 0.217 e. The molecule has 2 aliphatic heterocycles. The second-order valence-electron chi connectivity index (χ2n) is 7.59. The Balaban J connectivity index is 1.95. The van der Waals surface area contributed by atoms with E-state index in [1.54, 1.807) is 0 Å². The fourth-order valence-corrected chi connectivity index (χ4v) is 5.09. The van der Waals surface area contributed by atoms with E-state index in [1.165, 1.54) is 0 Å². The molecule has 1 saturated carbocycles. The lowest BCUT2D eigenvalue weighted by Gasteiger charge is -2.51. The van der Waals surface area contributed by atoms with Crippen LogP contribution < -0.4 is 0 Å². The molecule has 2 bridgehead atoms. The molecule has 0 spiro atoms. The third-order valence-electron chi connectivity index (χ3n) is 6.51. The molecule has 3 fully saturated rings. The summed E-state index contributed by atoms with van der Waals surface area (Å²) >= 11 is 0. The van der Waals surface area contributed by atoms with E-state index in [9.17, 15) is 15.8 Å². The molecular weight excluding hydrogens is 340 g/mol. The number of aryl methyl sites for hydroxylation is 1. The van der Waals surface area contributed by atoms with E-state index in [4.69, 9.17) is 14.9 Å². The van der Waals surface area contributed by atoms with Crippen LogP contribution in [0.1, 0.15) is 49.8 Å². The maximum absolute atomic E-state index is 10.2. The second kappa shape index (κ2) is 5.81. The Labute approximate surface area is 158 Å². The number of hydrogen-bond acceptors (Lipinski definition) is 6. The molecule has 1 aromatic carbocycles. The standard InChI is InChI=1S/C21H20N4O2/c1-2-14-6-8-15(9-7-14)17-19(11-22,12-23)20(13-24)16-5-3-4-10-21(16,26-17)27-18(20)25/h6-9,16-17,25H,2-5,10H2,1H3. The summed E-state index contributed by atoms with van der Waals surface area (Å²) in [5.74, 6) is -1.88. The lowest BCUT2D eigenvalue weighted by Crippen LogP contribution is -2.60. The van der Waals surface area contributed by atoms with Crippen molar-refractivity contribution in [3.8, 4) is 18.2 Å². The first-order chi connectivity index (χ1) is 13.0. The molecule has 1 aliphatic carbocycles. The minimum absolute atomic E-state index is 0.298. The van der Waals surface area contributed by atoms with Crippen LogP contribution in [0, 0.1) is 56.2 Å². The molecule has 3 aliphatic rings. The Morgan fingerprint density at radius 1 is 1.11 bits per heavy atom. The SMILES string of the molecule is CCc1ccc(C2OC34CCCCC3C(C#N)(C(=N)O4)C2(C#N)C#N)cc1. The quantitative estimate of drug-likeness (QED) is 0.862. The van der Waals surface area contributed by atoms with Crippen LogP contribution in [0.25, 0.3) is 0 Å². The summed E-state index contributed by atoms with van der Waals surface area (Å²) in [5.41, 5.74) is -1.67. The number of benzene rings is 1. The summed E-state index contributed by atoms with van der Waals surface area (Å²) in [6.07, 6.45) is 2.80. The Hall–Kier alpha value is -2.88. The van der Waals surface area contributed by atoms with E-state index in [-0.39, 0.29) is 5.90 Å². The number of ether oxygens (including phenoxy) is 2. The molecule has 0 aromatic heterocycles. The molecule has 6 heteroatoms. The number of nitrogens with zero attached hydrogens (tertiary/aromatic N) is 3. The molecule has 4 atom stereocenters. The second-order valence-corrected chi connectivity index (χ2v) is 7.59. The lowest BCUT2D eigenvalue weighted by molar-refractivity contribution is -0.294. The Morgan fingerprint density at radius 2 is 1.81 bits per heavy atom. The molecule has 1 aromatic rings. The lowest BCUT2D eigenvalue weighted by atomic mass is 9.51. The molecule has 4 rings (SSSR count). The van der Waals surface area contributed by atoms with Crippen LogP contribution in [-0.2, 0) is 15.9 Å². The van der Waals surface area contributed by atoms with Crippen LogP contribution in [0.5, 0.6) is 0 Å². The first-order valence-corrected chi connectivity index (χ1v) is 9.32. The van der Waals surface area contributed by atoms with Crippen LogP contribution in [0.2, 0.25) is 0 Å². The van der Waals surface area contributed by atoms with Gasteiger partial charge in [0.15, 0.2) is 5.41 Å². The smallest absolute Gasteiger partial charge is 0.217 e. The molecule has 0 radical (unpaired) electrons. The monoisotopic (exact) mass is 360 g/mol.